The quantitative estimate of drug-likeness (QED) is 0.751. The summed E-state index contributed by atoms with van der Waals surface area (Å²) < 4.78 is 10.8. The van der Waals surface area contributed by atoms with E-state index in [-0.39, 0.29) is 38.0 Å². The van der Waals surface area contributed by atoms with E-state index in [4.69, 9.17) is 9.47 Å². The molecule has 0 spiro atoms. The van der Waals surface area contributed by atoms with Crippen LogP contribution in [0.5, 0.6) is 11.5 Å². The molecule has 0 fully saturated rings. The number of rotatable bonds is 6. The summed E-state index contributed by atoms with van der Waals surface area (Å²) in [7, 11) is 0. The standard InChI is InChI=1S/C22H22N2O5/c1-14-5-7-15(8-6-14)17-12-18(16-9-10-19-20(11-16)29-13-28-19)24(23-17)21(25)3-2-4-22(26)27/h5-11,18H,2-4,12-13H2,1H3,(H,26,27)/p-1. The number of carboxylic acids is 1. The summed E-state index contributed by atoms with van der Waals surface area (Å²) in [5.41, 5.74) is 3.83. The van der Waals surface area contributed by atoms with Gasteiger partial charge in [-0.25, -0.2) is 5.01 Å². The highest BCUT2D eigenvalue weighted by molar-refractivity contribution is 6.03. The van der Waals surface area contributed by atoms with Gasteiger partial charge >= 0.3 is 0 Å². The zero-order valence-electron chi connectivity index (χ0n) is 16.1. The molecule has 0 aromatic heterocycles. The van der Waals surface area contributed by atoms with E-state index in [1.807, 2.05) is 49.4 Å². The molecule has 4 rings (SSSR count). The van der Waals surface area contributed by atoms with E-state index in [9.17, 15) is 14.7 Å². The second kappa shape index (κ2) is 7.95. The summed E-state index contributed by atoms with van der Waals surface area (Å²) in [6.45, 7) is 2.20. The topological polar surface area (TPSA) is 91.3 Å². The highest BCUT2D eigenvalue weighted by Gasteiger charge is 2.33. The molecule has 0 saturated carbocycles. The van der Waals surface area contributed by atoms with E-state index in [2.05, 4.69) is 5.10 Å². The van der Waals surface area contributed by atoms with Gasteiger partial charge in [-0.05, 0) is 43.0 Å². The van der Waals surface area contributed by atoms with Gasteiger partial charge in [0, 0.05) is 18.8 Å². The van der Waals surface area contributed by atoms with Crippen LogP contribution in [-0.2, 0) is 9.59 Å². The molecule has 1 unspecified atom stereocenters. The number of benzene rings is 2. The molecule has 29 heavy (non-hydrogen) atoms. The molecule has 7 heteroatoms. The van der Waals surface area contributed by atoms with Crippen molar-refractivity contribution in [3.63, 3.8) is 0 Å². The Morgan fingerprint density at radius 1 is 1.10 bits per heavy atom. The van der Waals surface area contributed by atoms with Gasteiger partial charge in [0.25, 0.3) is 0 Å². The van der Waals surface area contributed by atoms with Crippen molar-refractivity contribution in [1.29, 1.82) is 0 Å². The predicted molar refractivity (Wildman–Crippen MR) is 103 cm³/mol. The van der Waals surface area contributed by atoms with E-state index in [0.29, 0.717) is 17.9 Å². The van der Waals surface area contributed by atoms with Crippen LogP contribution in [0.25, 0.3) is 0 Å². The number of hydrogen-bond donors (Lipinski definition) is 0. The lowest BCUT2D eigenvalue weighted by atomic mass is 9.97. The van der Waals surface area contributed by atoms with Gasteiger partial charge in [0.2, 0.25) is 12.7 Å². The fourth-order valence-electron chi connectivity index (χ4n) is 3.54. The van der Waals surface area contributed by atoms with Crippen molar-refractivity contribution in [3.05, 3.63) is 59.2 Å². The summed E-state index contributed by atoms with van der Waals surface area (Å²) in [6.07, 6.45) is 0.734. The molecule has 2 aliphatic heterocycles. The number of aliphatic carboxylic acids is 1. The predicted octanol–water partition coefficient (Wildman–Crippen LogP) is 2.32. The van der Waals surface area contributed by atoms with E-state index >= 15 is 0 Å². The molecule has 2 aromatic carbocycles. The lowest BCUT2D eigenvalue weighted by Gasteiger charge is -2.22. The Morgan fingerprint density at radius 2 is 1.86 bits per heavy atom. The highest BCUT2D eigenvalue weighted by atomic mass is 16.7. The van der Waals surface area contributed by atoms with E-state index in [1.165, 1.54) is 5.01 Å². The minimum Gasteiger partial charge on any atom is -0.550 e. The van der Waals surface area contributed by atoms with Crippen LogP contribution < -0.4 is 14.6 Å². The first kappa shape index (κ1) is 19.0. The summed E-state index contributed by atoms with van der Waals surface area (Å²) in [6, 6.07) is 13.4. The summed E-state index contributed by atoms with van der Waals surface area (Å²) in [5, 5.41) is 16.7. The molecular weight excluding hydrogens is 372 g/mol. The van der Waals surface area contributed by atoms with Crippen molar-refractivity contribution in [1.82, 2.24) is 5.01 Å². The molecule has 0 saturated heterocycles. The maximum absolute atomic E-state index is 12.8. The molecule has 1 amide bonds. The number of hydrogen-bond acceptors (Lipinski definition) is 6. The smallest absolute Gasteiger partial charge is 0.243 e. The monoisotopic (exact) mass is 393 g/mol. The van der Waals surface area contributed by atoms with Crippen molar-refractivity contribution in [3.8, 4) is 11.5 Å². The SMILES string of the molecule is Cc1ccc(C2=NN(C(=O)CCCC(=O)[O-])C(c3ccc4c(c3)OCO4)C2)cc1. The Balaban J connectivity index is 1.60. The number of carbonyl (C=O) groups excluding carboxylic acids is 2. The van der Waals surface area contributed by atoms with Crippen LogP contribution in [0.4, 0.5) is 0 Å². The summed E-state index contributed by atoms with van der Waals surface area (Å²) in [4.78, 5) is 23.5. The molecule has 7 nitrogen and oxygen atoms in total. The number of carboxylic acid groups (broad SMARTS) is 1. The molecule has 2 aromatic rings. The number of hydrazone groups is 1. The molecule has 2 aliphatic rings. The Labute approximate surface area is 168 Å². The molecule has 0 N–H and O–H groups in total. The summed E-state index contributed by atoms with van der Waals surface area (Å²) in [5.74, 6) is -0.0414. The average Bonchev–Trinajstić information content (AvgIpc) is 3.34. The van der Waals surface area contributed by atoms with Gasteiger partial charge in [0.15, 0.2) is 11.5 Å². The maximum Gasteiger partial charge on any atom is 0.243 e. The molecule has 0 bridgehead atoms. The number of nitrogens with zero attached hydrogens (tertiary/aromatic N) is 2. The van der Waals surface area contributed by atoms with E-state index in [1.54, 1.807) is 0 Å². The third kappa shape index (κ3) is 4.08. The van der Waals surface area contributed by atoms with E-state index in [0.717, 1.165) is 22.4 Å². The Bertz CT molecular complexity index is 968. The van der Waals surface area contributed by atoms with Crippen LogP contribution in [0.3, 0.4) is 0 Å². The largest absolute Gasteiger partial charge is 0.550 e. The van der Waals surface area contributed by atoms with Crippen molar-refractivity contribution < 1.29 is 24.2 Å². The van der Waals surface area contributed by atoms with Crippen LogP contribution >= 0.6 is 0 Å². The first-order valence-corrected chi connectivity index (χ1v) is 9.57. The summed E-state index contributed by atoms with van der Waals surface area (Å²) >= 11 is 0. The third-order valence-electron chi connectivity index (χ3n) is 5.10. The van der Waals surface area contributed by atoms with Crippen LogP contribution in [0.2, 0.25) is 0 Å². The second-order valence-electron chi connectivity index (χ2n) is 7.21. The van der Waals surface area contributed by atoms with Crippen LogP contribution in [0.15, 0.2) is 47.6 Å². The highest BCUT2D eigenvalue weighted by Crippen LogP contribution is 2.39. The van der Waals surface area contributed by atoms with Crippen LogP contribution in [0, 0.1) is 6.92 Å². The lowest BCUT2D eigenvalue weighted by Crippen LogP contribution is -2.28. The van der Waals surface area contributed by atoms with Gasteiger partial charge in [-0.3, -0.25) is 4.79 Å². The third-order valence-corrected chi connectivity index (χ3v) is 5.10. The molecular formula is C22H21N2O5-. The minimum atomic E-state index is -1.16. The average molecular weight is 393 g/mol. The number of fused-ring (bicyclic) bond motifs is 1. The molecule has 1 atom stereocenters. The van der Waals surface area contributed by atoms with Gasteiger partial charge in [-0.15, -0.1) is 0 Å². The van der Waals surface area contributed by atoms with Gasteiger partial charge < -0.3 is 19.4 Å². The van der Waals surface area contributed by atoms with Crippen LogP contribution in [0.1, 0.15) is 48.4 Å². The van der Waals surface area contributed by atoms with Gasteiger partial charge in [-0.2, -0.15) is 5.10 Å². The van der Waals surface area contributed by atoms with E-state index < -0.39 is 5.97 Å². The first-order valence-electron chi connectivity index (χ1n) is 9.57. The molecule has 0 radical (unpaired) electrons. The van der Waals surface area contributed by atoms with Crippen LogP contribution in [-0.4, -0.2) is 29.4 Å². The Kier molecular flexibility index (Phi) is 5.20. The van der Waals surface area contributed by atoms with Gasteiger partial charge in [-0.1, -0.05) is 35.9 Å². The normalized spacial score (nSPS) is 17.3. The number of ether oxygens (including phenoxy) is 2. The Hall–Kier alpha value is -3.35. The fraction of sp³-hybridized carbons (Fsp3) is 0.318. The number of carbonyl (C=O) groups is 2. The zero-order chi connectivity index (χ0) is 20.4. The van der Waals surface area contributed by atoms with Gasteiger partial charge in [0.1, 0.15) is 0 Å². The van der Waals surface area contributed by atoms with Crippen molar-refractivity contribution >= 4 is 17.6 Å². The van der Waals surface area contributed by atoms with Crippen molar-refractivity contribution in [2.24, 2.45) is 5.10 Å². The first-order chi connectivity index (χ1) is 14.0. The van der Waals surface area contributed by atoms with Gasteiger partial charge in [0.05, 0.1) is 11.8 Å². The number of amides is 1. The minimum absolute atomic E-state index is 0.0969. The lowest BCUT2D eigenvalue weighted by molar-refractivity contribution is -0.305. The second-order valence-corrected chi connectivity index (χ2v) is 7.21. The molecule has 150 valence electrons. The molecule has 2 heterocycles. The maximum atomic E-state index is 12.8. The fourth-order valence-corrected chi connectivity index (χ4v) is 3.54. The Morgan fingerprint density at radius 3 is 2.62 bits per heavy atom. The zero-order valence-corrected chi connectivity index (χ0v) is 16.1. The number of aryl methyl sites for hydroxylation is 1. The molecule has 0 aliphatic carbocycles. The van der Waals surface area contributed by atoms with Crippen molar-refractivity contribution in [2.75, 3.05) is 6.79 Å². The van der Waals surface area contributed by atoms with Crippen molar-refractivity contribution in [2.45, 2.75) is 38.6 Å².